The van der Waals surface area contributed by atoms with Gasteiger partial charge in [0.1, 0.15) is 5.15 Å². The van der Waals surface area contributed by atoms with E-state index in [4.69, 9.17) is 28.9 Å². The zero-order valence-electron chi connectivity index (χ0n) is 8.80. The van der Waals surface area contributed by atoms with E-state index in [1.807, 2.05) is 6.07 Å². The summed E-state index contributed by atoms with van der Waals surface area (Å²) >= 11 is 11.7. The normalized spacial score (nSPS) is 27.8. The van der Waals surface area contributed by atoms with Gasteiger partial charge >= 0.3 is 0 Å². The highest BCUT2D eigenvalue weighted by molar-refractivity contribution is 6.41. The molecule has 1 fully saturated rings. The molecule has 1 saturated carbocycles. The first-order chi connectivity index (χ1) is 6.98. The predicted octanol–water partition coefficient (Wildman–Crippen LogP) is 3.09. The first kappa shape index (κ1) is 11.2. The Morgan fingerprint density at radius 2 is 2.13 bits per heavy atom. The van der Waals surface area contributed by atoms with Gasteiger partial charge in [0, 0.05) is 6.20 Å². The monoisotopic (exact) mass is 244 g/mol. The van der Waals surface area contributed by atoms with Gasteiger partial charge in [0.05, 0.1) is 5.02 Å². The number of hydrogen-bond donors (Lipinski definition) is 1. The Hall–Kier alpha value is -0.310. The summed E-state index contributed by atoms with van der Waals surface area (Å²) in [7, 11) is 0. The molecule has 0 aromatic carbocycles. The van der Waals surface area contributed by atoms with Gasteiger partial charge in [0.25, 0.3) is 0 Å². The largest absolute Gasteiger partial charge is 0.330 e. The van der Waals surface area contributed by atoms with Crippen molar-refractivity contribution >= 4 is 23.2 Å². The fourth-order valence-corrected chi connectivity index (χ4v) is 2.73. The molecule has 1 aliphatic carbocycles. The Kier molecular flexibility index (Phi) is 2.70. The highest BCUT2D eigenvalue weighted by Crippen LogP contribution is 2.63. The zero-order valence-corrected chi connectivity index (χ0v) is 10.3. The second-order valence-electron chi connectivity index (χ2n) is 4.68. The van der Waals surface area contributed by atoms with Crippen molar-refractivity contribution in [1.29, 1.82) is 0 Å². The van der Waals surface area contributed by atoms with Crippen molar-refractivity contribution in [2.45, 2.75) is 19.8 Å². The van der Waals surface area contributed by atoms with Crippen LogP contribution in [0.3, 0.4) is 0 Å². The molecule has 2 N–H and O–H groups in total. The maximum Gasteiger partial charge on any atom is 0.147 e. The summed E-state index contributed by atoms with van der Waals surface area (Å²) in [6, 6.07) is 1.90. The van der Waals surface area contributed by atoms with Gasteiger partial charge < -0.3 is 5.73 Å². The molecule has 2 nitrogen and oxygen atoms in total. The van der Waals surface area contributed by atoms with Crippen LogP contribution in [0.5, 0.6) is 0 Å². The average molecular weight is 245 g/mol. The number of pyridine rings is 1. The average Bonchev–Trinajstić information content (AvgIpc) is 2.73. The molecule has 2 atom stereocenters. The van der Waals surface area contributed by atoms with E-state index in [1.165, 1.54) is 0 Å². The van der Waals surface area contributed by atoms with Crippen LogP contribution in [0.1, 0.15) is 25.3 Å². The number of rotatable bonds is 2. The van der Waals surface area contributed by atoms with Crippen molar-refractivity contribution < 1.29 is 0 Å². The van der Waals surface area contributed by atoms with Gasteiger partial charge in [-0.1, -0.05) is 37.0 Å². The lowest BCUT2D eigenvalue weighted by atomic mass is 10.1. The maximum atomic E-state index is 5.94. The molecule has 82 valence electrons. The molecular weight excluding hydrogens is 231 g/mol. The summed E-state index contributed by atoms with van der Waals surface area (Å²) in [5.41, 5.74) is 7.13. The molecular formula is C11H14Cl2N2. The summed E-state index contributed by atoms with van der Waals surface area (Å²) in [4.78, 5) is 4.07. The van der Waals surface area contributed by atoms with E-state index in [1.54, 1.807) is 6.20 Å². The van der Waals surface area contributed by atoms with Crippen LogP contribution in [-0.4, -0.2) is 11.5 Å². The van der Waals surface area contributed by atoms with E-state index in [-0.39, 0.29) is 5.41 Å². The molecule has 1 aliphatic rings. The molecule has 1 heterocycles. The molecule has 1 aromatic heterocycles. The Labute approximate surface area is 99.8 Å². The fourth-order valence-electron chi connectivity index (χ4n) is 2.45. The van der Waals surface area contributed by atoms with Gasteiger partial charge in [-0.25, -0.2) is 4.98 Å². The van der Waals surface area contributed by atoms with Crippen LogP contribution in [0, 0.1) is 11.3 Å². The van der Waals surface area contributed by atoms with Crippen molar-refractivity contribution in [2.24, 2.45) is 17.1 Å². The summed E-state index contributed by atoms with van der Waals surface area (Å²) in [6.45, 7) is 5.15. The van der Waals surface area contributed by atoms with Crippen molar-refractivity contribution in [2.75, 3.05) is 6.54 Å². The van der Waals surface area contributed by atoms with Crippen molar-refractivity contribution in [3.8, 4) is 0 Å². The summed E-state index contributed by atoms with van der Waals surface area (Å²) in [5.74, 6) is 0.987. The van der Waals surface area contributed by atoms with Gasteiger partial charge in [-0.15, -0.1) is 0 Å². The Morgan fingerprint density at radius 3 is 2.60 bits per heavy atom. The van der Waals surface area contributed by atoms with E-state index in [0.29, 0.717) is 28.6 Å². The Bertz CT molecular complexity index is 390. The summed E-state index contributed by atoms with van der Waals surface area (Å²) in [6.07, 6.45) is 1.80. The van der Waals surface area contributed by atoms with E-state index in [9.17, 15) is 0 Å². The number of halogens is 2. The maximum absolute atomic E-state index is 5.94. The molecule has 0 unspecified atom stereocenters. The third-order valence-electron chi connectivity index (χ3n) is 3.48. The van der Waals surface area contributed by atoms with Crippen LogP contribution in [0.15, 0.2) is 12.3 Å². The molecule has 0 radical (unpaired) electrons. The zero-order chi connectivity index (χ0) is 11.2. The van der Waals surface area contributed by atoms with Gasteiger partial charge in [0.15, 0.2) is 0 Å². The quantitative estimate of drug-likeness (QED) is 0.813. The minimum atomic E-state index is 0.258. The highest BCUT2D eigenvalue weighted by Gasteiger charge is 2.57. The molecule has 4 heteroatoms. The molecule has 0 bridgehead atoms. The third-order valence-corrected chi connectivity index (χ3v) is 4.17. The summed E-state index contributed by atoms with van der Waals surface area (Å²) < 4.78 is 0. The van der Waals surface area contributed by atoms with Crippen molar-refractivity contribution in [3.05, 3.63) is 28.0 Å². The smallest absolute Gasteiger partial charge is 0.147 e. The lowest BCUT2D eigenvalue weighted by Crippen LogP contribution is -2.05. The van der Waals surface area contributed by atoms with E-state index >= 15 is 0 Å². The van der Waals surface area contributed by atoms with E-state index in [2.05, 4.69) is 18.8 Å². The number of nitrogens with zero attached hydrogens (tertiary/aromatic N) is 1. The van der Waals surface area contributed by atoms with Crippen LogP contribution in [0.4, 0.5) is 0 Å². The standard InChI is InChI=1S/C11H14Cl2N2/c1-11(2)7(4-14)9(11)6-3-8(12)10(13)15-5-6/h3,5,7,9H,4,14H2,1-2H3/t7-,9-/m0/s1. The van der Waals surface area contributed by atoms with E-state index in [0.717, 1.165) is 5.56 Å². The molecule has 0 aliphatic heterocycles. The number of nitrogens with two attached hydrogens (primary N) is 1. The van der Waals surface area contributed by atoms with Crippen LogP contribution in [-0.2, 0) is 0 Å². The predicted molar refractivity (Wildman–Crippen MR) is 63.3 cm³/mol. The fraction of sp³-hybridized carbons (Fsp3) is 0.545. The van der Waals surface area contributed by atoms with Gasteiger partial charge in [-0.3, -0.25) is 0 Å². The molecule has 0 amide bonds. The topological polar surface area (TPSA) is 38.9 Å². The van der Waals surface area contributed by atoms with Crippen LogP contribution < -0.4 is 5.73 Å². The lowest BCUT2D eigenvalue weighted by molar-refractivity contribution is 0.558. The minimum Gasteiger partial charge on any atom is -0.330 e. The minimum absolute atomic E-state index is 0.258. The van der Waals surface area contributed by atoms with E-state index < -0.39 is 0 Å². The Balaban J connectivity index is 2.29. The van der Waals surface area contributed by atoms with Crippen molar-refractivity contribution in [1.82, 2.24) is 4.98 Å². The van der Waals surface area contributed by atoms with Crippen LogP contribution in [0.25, 0.3) is 0 Å². The first-order valence-corrected chi connectivity index (χ1v) is 5.75. The van der Waals surface area contributed by atoms with Gasteiger partial charge in [-0.2, -0.15) is 0 Å². The first-order valence-electron chi connectivity index (χ1n) is 4.99. The third kappa shape index (κ3) is 1.75. The molecule has 0 saturated heterocycles. The molecule has 15 heavy (non-hydrogen) atoms. The van der Waals surface area contributed by atoms with Crippen LogP contribution >= 0.6 is 23.2 Å². The number of hydrogen-bond acceptors (Lipinski definition) is 2. The molecule has 1 aromatic rings. The SMILES string of the molecule is CC1(C)[C@@H](CN)[C@@H]1c1cnc(Cl)c(Cl)c1. The van der Waals surface area contributed by atoms with Gasteiger partial charge in [-0.05, 0) is 35.4 Å². The molecule has 2 rings (SSSR count). The second kappa shape index (κ2) is 3.62. The Morgan fingerprint density at radius 1 is 1.47 bits per heavy atom. The second-order valence-corrected chi connectivity index (χ2v) is 5.45. The number of aromatic nitrogens is 1. The molecule has 0 spiro atoms. The van der Waals surface area contributed by atoms with Crippen molar-refractivity contribution in [3.63, 3.8) is 0 Å². The lowest BCUT2D eigenvalue weighted by Gasteiger charge is -2.03. The summed E-state index contributed by atoms with van der Waals surface area (Å²) in [5, 5.41) is 0.885. The van der Waals surface area contributed by atoms with Gasteiger partial charge in [0.2, 0.25) is 0 Å². The highest BCUT2D eigenvalue weighted by atomic mass is 35.5. The van der Waals surface area contributed by atoms with Crippen LogP contribution in [0.2, 0.25) is 10.2 Å².